The van der Waals surface area contributed by atoms with Crippen molar-refractivity contribution in [3.8, 4) is 11.5 Å². The van der Waals surface area contributed by atoms with Gasteiger partial charge in [0.25, 0.3) is 5.91 Å². The number of amides is 2. The molecule has 9 heteroatoms. The Kier molecular flexibility index (Phi) is 5.40. The summed E-state index contributed by atoms with van der Waals surface area (Å²) in [6, 6.07) is 18.0. The first-order chi connectivity index (χ1) is 15.9. The van der Waals surface area contributed by atoms with Crippen LogP contribution >= 0.6 is 23.2 Å². The van der Waals surface area contributed by atoms with Crippen LogP contribution in [0.4, 0.5) is 11.4 Å². The van der Waals surface area contributed by atoms with Crippen molar-refractivity contribution < 1.29 is 24.3 Å². The normalized spacial score (nSPS) is 22.1. The Morgan fingerprint density at radius 1 is 0.909 bits per heavy atom. The quantitative estimate of drug-likeness (QED) is 0.537. The van der Waals surface area contributed by atoms with Crippen LogP contribution in [-0.2, 0) is 14.4 Å². The van der Waals surface area contributed by atoms with E-state index >= 15 is 0 Å². The molecule has 2 saturated heterocycles. The van der Waals surface area contributed by atoms with Gasteiger partial charge >= 0.3 is 0 Å². The molecule has 3 aromatic carbocycles. The summed E-state index contributed by atoms with van der Waals surface area (Å²) < 4.78 is 5.26. The van der Waals surface area contributed by atoms with Crippen LogP contribution < -0.4 is 14.7 Å². The Labute approximate surface area is 199 Å². The van der Waals surface area contributed by atoms with Gasteiger partial charge in [-0.15, -0.1) is 0 Å². The second-order valence-electron chi connectivity index (χ2n) is 7.70. The van der Waals surface area contributed by atoms with Gasteiger partial charge in [0.15, 0.2) is 17.6 Å². The predicted molar refractivity (Wildman–Crippen MR) is 124 cm³/mol. The van der Waals surface area contributed by atoms with Crippen LogP contribution in [0.3, 0.4) is 0 Å². The molecule has 2 aliphatic heterocycles. The Balaban J connectivity index is 1.60. The molecule has 168 valence electrons. The summed E-state index contributed by atoms with van der Waals surface area (Å²) in [6.07, 6.45) is -1.03. The number of carbonyl (C=O) groups excluding carboxylic acids is 2. The van der Waals surface area contributed by atoms with E-state index in [-0.39, 0.29) is 16.5 Å². The molecule has 33 heavy (non-hydrogen) atoms. The fraction of sp³-hybridized carbons (Fsp3) is 0.167. The number of anilines is 2. The maximum absolute atomic E-state index is 13.6. The van der Waals surface area contributed by atoms with Crippen LogP contribution in [0.25, 0.3) is 0 Å². The molecule has 0 bridgehead atoms. The molecule has 2 aliphatic rings. The Morgan fingerprint density at radius 2 is 1.67 bits per heavy atom. The first-order valence-electron chi connectivity index (χ1n) is 10.1. The van der Waals surface area contributed by atoms with E-state index in [1.807, 2.05) is 30.3 Å². The molecule has 1 N–H and O–H groups in total. The van der Waals surface area contributed by atoms with Crippen LogP contribution in [-0.4, -0.2) is 30.1 Å². The second-order valence-corrected chi connectivity index (χ2v) is 8.51. The average molecular weight is 485 g/mol. The first kappa shape index (κ1) is 21.6. The highest BCUT2D eigenvalue weighted by atomic mass is 35.5. The lowest BCUT2D eigenvalue weighted by molar-refractivity contribution is -0.126. The lowest BCUT2D eigenvalue weighted by atomic mass is 9.90. The average Bonchev–Trinajstić information content (AvgIpc) is 3.33. The number of benzene rings is 3. The highest BCUT2D eigenvalue weighted by Gasteiger charge is 2.60. The highest BCUT2D eigenvalue weighted by molar-refractivity contribution is 6.42. The van der Waals surface area contributed by atoms with Gasteiger partial charge in [0, 0.05) is 0 Å². The lowest BCUT2D eigenvalue weighted by Crippen LogP contribution is -2.37. The number of fused-ring (bicyclic) bond motifs is 1. The zero-order chi connectivity index (χ0) is 23.3. The zero-order valence-corrected chi connectivity index (χ0v) is 18.8. The SMILES string of the molecule is COc1cc([C@@H]2[C@@H]3C(=O)N(c4ccc(Cl)c(Cl)c4)C(=O)[C@@H]3ON2c2ccccc2)ccc1O. The summed E-state index contributed by atoms with van der Waals surface area (Å²) in [5.74, 6) is -1.52. The molecule has 5 rings (SSSR count). The number of hydrogen-bond donors (Lipinski definition) is 1. The van der Waals surface area contributed by atoms with Crippen molar-refractivity contribution >= 4 is 46.4 Å². The molecule has 0 saturated carbocycles. The van der Waals surface area contributed by atoms with E-state index in [0.717, 1.165) is 4.90 Å². The Bertz CT molecular complexity index is 1250. The third-order valence-electron chi connectivity index (χ3n) is 5.83. The lowest BCUT2D eigenvalue weighted by Gasteiger charge is -2.29. The number of hydroxylamine groups is 1. The number of ether oxygens (including phenoxy) is 1. The molecule has 2 amide bonds. The van der Waals surface area contributed by atoms with Gasteiger partial charge in [-0.2, -0.15) is 0 Å². The van der Waals surface area contributed by atoms with Crippen molar-refractivity contribution in [2.75, 3.05) is 17.1 Å². The molecule has 0 radical (unpaired) electrons. The summed E-state index contributed by atoms with van der Waals surface area (Å²) in [7, 11) is 1.44. The van der Waals surface area contributed by atoms with Gasteiger partial charge in [-0.3, -0.25) is 14.4 Å². The summed E-state index contributed by atoms with van der Waals surface area (Å²) in [6.45, 7) is 0. The summed E-state index contributed by atoms with van der Waals surface area (Å²) in [5, 5.41) is 12.2. The highest BCUT2D eigenvalue weighted by Crippen LogP contribution is 2.48. The van der Waals surface area contributed by atoms with Crippen LogP contribution in [0.2, 0.25) is 10.0 Å². The summed E-state index contributed by atoms with van der Waals surface area (Å²) in [4.78, 5) is 34.1. The maximum atomic E-state index is 13.6. The predicted octanol–water partition coefficient (Wildman–Crippen LogP) is 4.76. The molecule has 7 nitrogen and oxygen atoms in total. The zero-order valence-electron chi connectivity index (χ0n) is 17.3. The van der Waals surface area contributed by atoms with Gasteiger partial charge in [-0.25, -0.2) is 9.96 Å². The molecule has 0 unspecified atom stereocenters. The molecule has 3 atom stereocenters. The largest absolute Gasteiger partial charge is 0.504 e. The van der Waals surface area contributed by atoms with Crippen LogP contribution in [0.1, 0.15) is 11.6 Å². The molecule has 0 aromatic heterocycles. The van der Waals surface area contributed by atoms with Crippen LogP contribution in [0.5, 0.6) is 11.5 Å². The smallest absolute Gasteiger partial charge is 0.266 e. The third kappa shape index (κ3) is 3.49. The van der Waals surface area contributed by atoms with Gasteiger partial charge in [-0.1, -0.05) is 47.5 Å². The molecular weight excluding hydrogens is 467 g/mol. The standard InChI is InChI=1S/C24H18Cl2N2O5/c1-32-19-11-13(7-10-18(19)29)21-20-22(33-28(21)14-5-3-2-4-6-14)24(31)27(23(20)30)15-8-9-16(25)17(26)12-15/h2-12,20-22,29H,1H3/t20-,21+,22+/m0/s1. The minimum atomic E-state index is -1.03. The number of rotatable bonds is 4. The van der Waals surface area contributed by atoms with Gasteiger partial charge in [0.2, 0.25) is 5.91 Å². The molecular formula is C24H18Cl2N2O5. The number of phenolic OH excluding ortho intramolecular Hbond substituents is 1. The van der Waals surface area contributed by atoms with E-state index in [9.17, 15) is 14.7 Å². The minimum Gasteiger partial charge on any atom is -0.504 e. The van der Waals surface area contributed by atoms with Crippen molar-refractivity contribution in [3.05, 3.63) is 82.3 Å². The van der Waals surface area contributed by atoms with Crippen molar-refractivity contribution in [1.29, 1.82) is 0 Å². The third-order valence-corrected chi connectivity index (χ3v) is 6.57. The van der Waals surface area contributed by atoms with E-state index in [1.165, 1.54) is 25.3 Å². The number of imide groups is 1. The summed E-state index contributed by atoms with van der Waals surface area (Å²) >= 11 is 12.1. The Morgan fingerprint density at radius 3 is 2.36 bits per heavy atom. The fourth-order valence-corrected chi connectivity index (χ4v) is 4.60. The Hall–Kier alpha value is -3.26. The number of halogens is 2. The summed E-state index contributed by atoms with van der Waals surface area (Å²) in [5.41, 5.74) is 1.66. The number of methoxy groups -OCH3 is 1. The van der Waals surface area contributed by atoms with Crippen molar-refractivity contribution in [2.24, 2.45) is 5.92 Å². The minimum absolute atomic E-state index is 0.0331. The van der Waals surface area contributed by atoms with Gasteiger partial charge in [0.1, 0.15) is 5.92 Å². The van der Waals surface area contributed by atoms with Crippen LogP contribution in [0.15, 0.2) is 66.7 Å². The molecule has 0 spiro atoms. The van der Waals surface area contributed by atoms with E-state index in [4.69, 9.17) is 32.8 Å². The van der Waals surface area contributed by atoms with Gasteiger partial charge < -0.3 is 9.84 Å². The van der Waals surface area contributed by atoms with E-state index < -0.39 is 29.9 Å². The monoisotopic (exact) mass is 484 g/mol. The topological polar surface area (TPSA) is 79.3 Å². The maximum Gasteiger partial charge on any atom is 0.266 e. The fourth-order valence-electron chi connectivity index (χ4n) is 4.31. The number of para-hydroxylation sites is 1. The van der Waals surface area contributed by atoms with E-state index in [0.29, 0.717) is 22.0 Å². The molecule has 3 aromatic rings. The van der Waals surface area contributed by atoms with E-state index in [2.05, 4.69) is 0 Å². The number of aromatic hydroxyl groups is 1. The van der Waals surface area contributed by atoms with Gasteiger partial charge in [0.05, 0.1) is 34.6 Å². The van der Waals surface area contributed by atoms with Crippen LogP contribution in [0, 0.1) is 5.92 Å². The second kappa shape index (κ2) is 8.26. The number of phenols is 1. The first-order valence-corrected chi connectivity index (χ1v) is 10.9. The van der Waals surface area contributed by atoms with Crippen molar-refractivity contribution in [2.45, 2.75) is 12.1 Å². The number of hydrogen-bond acceptors (Lipinski definition) is 6. The van der Waals surface area contributed by atoms with E-state index in [1.54, 1.807) is 23.3 Å². The van der Waals surface area contributed by atoms with Gasteiger partial charge in [-0.05, 0) is 48.0 Å². The van der Waals surface area contributed by atoms with Crippen molar-refractivity contribution in [3.63, 3.8) is 0 Å². The molecule has 2 fully saturated rings. The van der Waals surface area contributed by atoms with Crippen molar-refractivity contribution in [1.82, 2.24) is 0 Å². The number of nitrogens with zero attached hydrogens (tertiary/aromatic N) is 2. The molecule has 2 heterocycles. The number of carbonyl (C=O) groups is 2. The molecule has 0 aliphatic carbocycles.